The van der Waals surface area contributed by atoms with Crippen LogP contribution in [0.3, 0.4) is 0 Å². The first kappa shape index (κ1) is 22.1. The molecular formula is C26H32N4O2S. The van der Waals surface area contributed by atoms with Gasteiger partial charge in [0.15, 0.2) is 0 Å². The third-order valence-corrected chi connectivity index (χ3v) is 8.27. The minimum absolute atomic E-state index is 0.0718. The summed E-state index contributed by atoms with van der Waals surface area (Å²) in [5.74, 6) is 1.42. The Bertz CT molecular complexity index is 1210. The molecule has 33 heavy (non-hydrogen) atoms. The zero-order valence-corrected chi connectivity index (χ0v) is 20.2. The number of amides is 1. The summed E-state index contributed by atoms with van der Waals surface area (Å²) in [4.78, 5) is 35.9. The van der Waals surface area contributed by atoms with E-state index in [-0.39, 0.29) is 17.4 Å². The Labute approximate surface area is 198 Å². The highest BCUT2D eigenvalue weighted by Gasteiger charge is 2.30. The van der Waals surface area contributed by atoms with E-state index in [4.69, 9.17) is 4.98 Å². The first-order valence-electron chi connectivity index (χ1n) is 12.1. The summed E-state index contributed by atoms with van der Waals surface area (Å²) in [5.41, 5.74) is 3.90. The average molecular weight is 465 g/mol. The molecule has 0 spiro atoms. The van der Waals surface area contributed by atoms with Crippen LogP contribution in [-0.4, -0.2) is 35.0 Å². The molecule has 1 aliphatic carbocycles. The largest absolute Gasteiger partial charge is 0.353 e. The number of hydrogen-bond acceptors (Lipinski definition) is 5. The van der Waals surface area contributed by atoms with Crippen LogP contribution < -0.4 is 15.8 Å². The fraction of sp³-hybridized carbons (Fsp3) is 0.500. The molecule has 3 heterocycles. The summed E-state index contributed by atoms with van der Waals surface area (Å²) in [6, 6.07) is 8.49. The number of carbonyl (C=O) groups is 1. The number of thiophene rings is 1. The third-order valence-electron chi connectivity index (χ3n) is 7.30. The normalized spacial score (nSPS) is 23.6. The van der Waals surface area contributed by atoms with E-state index in [0.717, 1.165) is 60.4 Å². The molecule has 1 unspecified atom stereocenters. The number of rotatable bonds is 4. The highest BCUT2D eigenvalue weighted by molar-refractivity contribution is 7.17. The molecule has 1 amide bonds. The van der Waals surface area contributed by atoms with E-state index >= 15 is 0 Å². The number of aromatic nitrogens is 2. The molecule has 1 atom stereocenters. The van der Waals surface area contributed by atoms with E-state index in [1.54, 1.807) is 0 Å². The maximum atomic E-state index is 13.0. The number of H-pyrrole nitrogens is 1. The van der Waals surface area contributed by atoms with Crippen molar-refractivity contribution in [3.63, 3.8) is 0 Å². The Morgan fingerprint density at radius 1 is 1.15 bits per heavy atom. The van der Waals surface area contributed by atoms with Gasteiger partial charge in [-0.2, -0.15) is 0 Å². The van der Waals surface area contributed by atoms with Crippen LogP contribution in [-0.2, 0) is 4.79 Å². The zero-order valence-electron chi connectivity index (χ0n) is 19.4. The molecule has 0 radical (unpaired) electrons. The lowest BCUT2D eigenvalue weighted by molar-refractivity contribution is -0.126. The number of carbonyl (C=O) groups excluding carboxylic acids is 1. The Balaban J connectivity index is 1.37. The van der Waals surface area contributed by atoms with Gasteiger partial charge in [0.1, 0.15) is 4.70 Å². The summed E-state index contributed by atoms with van der Waals surface area (Å²) in [6.45, 7) is 5.75. The van der Waals surface area contributed by atoms with Gasteiger partial charge in [0.2, 0.25) is 11.9 Å². The Morgan fingerprint density at radius 2 is 1.94 bits per heavy atom. The van der Waals surface area contributed by atoms with Gasteiger partial charge in [0.25, 0.3) is 5.56 Å². The van der Waals surface area contributed by atoms with Gasteiger partial charge in [0.05, 0.1) is 11.4 Å². The second-order valence-electron chi connectivity index (χ2n) is 9.78. The van der Waals surface area contributed by atoms with E-state index in [9.17, 15) is 9.59 Å². The zero-order chi connectivity index (χ0) is 22.9. The average Bonchev–Trinajstić information content (AvgIpc) is 3.25. The lowest BCUT2D eigenvalue weighted by Gasteiger charge is -2.34. The second-order valence-corrected chi connectivity index (χ2v) is 10.7. The molecule has 2 aliphatic rings. The lowest BCUT2D eigenvalue weighted by Crippen LogP contribution is -2.47. The van der Waals surface area contributed by atoms with Gasteiger partial charge in [-0.05, 0) is 62.5 Å². The van der Waals surface area contributed by atoms with Crippen LogP contribution in [0, 0.1) is 18.8 Å². The maximum Gasteiger partial charge on any atom is 0.270 e. The molecule has 1 saturated carbocycles. The van der Waals surface area contributed by atoms with Crippen molar-refractivity contribution in [1.82, 2.24) is 15.3 Å². The Kier molecular flexibility index (Phi) is 6.23. The molecule has 2 fully saturated rings. The lowest BCUT2D eigenvalue weighted by atomic mass is 9.87. The van der Waals surface area contributed by atoms with Gasteiger partial charge >= 0.3 is 0 Å². The van der Waals surface area contributed by atoms with Crippen LogP contribution >= 0.6 is 11.3 Å². The van der Waals surface area contributed by atoms with Gasteiger partial charge in [-0.1, -0.05) is 31.2 Å². The summed E-state index contributed by atoms with van der Waals surface area (Å²) in [7, 11) is 0. The van der Waals surface area contributed by atoms with Crippen molar-refractivity contribution in [2.45, 2.75) is 58.4 Å². The molecular weight excluding hydrogens is 432 g/mol. The molecule has 6 nitrogen and oxygen atoms in total. The van der Waals surface area contributed by atoms with Crippen molar-refractivity contribution >= 4 is 33.4 Å². The van der Waals surface area contributed by atoms with Crippen LogP contribution in [0.15, 0.2) is 34.4 Å². The van der Waals surface area contributed by atoms with Gasteiger partial charge < -0.3 is 10.2 Å². The fourth-order valence-electron chi connectivity index (χ4n) is 5.24. The first-order valence-corrected chi connectivity index (χ1v) is 13.0. The number of fused-ring (bicyclic) bond motifs is 1. The highest BCUT2D eigenvalue weighted by atomic mass is 32.1. The summed E-state index contributed by atoms with van der Waals surface area (Å²) in [5, 5.41) is 5.32. The monoisotopic (exact) mass is 464 g/mol. The highest BCUT2D eigenvalue weighted by Crippen LogP contribution is 2.34. The van der Waals surface area contributed by atoms with Crippen molar-refractivity contribution in [1.29, 1.82) is 0 Å². The van der Waals surface area contributed by atoms with Crippen LogP contribution in [0.2, 0.25) is 0 Å². The second kappa shape index (κ2) is 9.29. The standard InChI is InChI=1S/C26H32N4O2S/c1-16-9-11-19(12-10-16)27-24(31)18-7-5-13-30(14-18)26-28-22-21(15-33-23(22)25(32)29-26)20-8-4-3-6-17(20)2/h3-4,6,8,15-16,18-19H,5,7,9-14H2,1-2H3,(H,27,31)(H,28,29,32). The minimum Gasteiger partial charge on any atom is -0.353 e. The molecule has 7 heteroatoms. The number of anilines is 1. The SMILES string of the molecule is Cc1ccccc1-c1csc2c(=O)[nH]c(N3CCCC(C(=O)NC4CCC(C)CC4)C3)nc12. The predicted molar refractivity (Wildman–Crippen MR) is 135 cm³/mol. The van der Waals surface area contributed by atoms with E-state index in [0.29, 0.717) is 23.2 Å². The number of piperidine rings is 1. The van der Waals surface area contributed by atoms with Crippen molar-refractivity contribution in [3.8, 4) is 11.1 Å². The summed E-state index contributed by atoms with van der Waals surface area (Å²) >= 11 is 1.44. The van der Waals surface area contributed by atoms with Crippen LogP contribution in [0.1, 0.15) is 51.0 Å². The number of nitrogens with zero attached hydrogens (tertiary/aromatic N) is 2. The quantitative estimate of drug-likeness (QED) is 0.577. The fourth-order valence-corrected chi connectivity index (χ4v) is 6.14. The van der Waals surface area contributed by atoms with Crippen molar-refractivity contribution in [2.24, 2.45) is 11.8 Å². The first-order chi connectivity index (χ1) is 16.0. The van der Waals surface area contributed by atoms with E-state index in [1.807, 2.05) is 17.5 Å². The van der Waals surface area contributed by atoms with Gasteiger partial charge in [-0.15, -0.1) is 11.3 Å². The van der Waals surface area contributed by atoms with E-state index in [1.165, 1.54) is 24.2 Å². The topological polar surface area (TPSA) is 78.1 Å². The molecule has 174 valence electrons. The van der Waals surface area contributed by atoms with Crippen molar-refractivity contribution in [3.05, 3.63) is 45.6 Å². The number of aromatic amines is 1. The molecule has 3 aromatic rings. The molecule has 0 bridgehead atoms. The van der Waals surface area contributed by atoms with Crippen molar-refractivity contribution < 1.29 is 4.79 Å². The Hall–Kier alpha value is -2.67. The predicted octanol–water partition coefficient (Wildman–Crippen LogP) is 4.87. The van der Waals surface area contributed by atoms with Gasteiger partial charge in [0, 0.05) is 30.1 Å². The summed E-state index contributed by atoms with van der Waals surface area (Å²) in [6.07, 6.45) is 6.33. The number of nitrogens with one attached hydrogen (secondary N) is 2. The van der Waals surface area contributed by atoms with Crippen LogP contribution in [0.4, 0.5) is 5.95 Å². The minimum atomic E-state index is -0.109. The molecule has 2 aromatic heterocycles. The van der Waals surface area contributed by atoms with Crippen LogP contribution in [0.25, 0.3) is 21.3 Å². The molecule has 2 N–H and O–H groups in total. The van der Waals surface area contributed by atoms with Gasteiger partial charge in [-0.3, -0.25) is 14.6 Å². The molecule has 1 saturated heterocycles. The number of benzene rings is 1. The van der Waals surface area contributed by atoms with E-state index < -0.39 is 0 Å². The number of hydrogen-bond donors (Lipinski definition) is 2. The van der Waals surface area contributed by atoms with Gasteiger partial charge in [-0.25, -0.2) is 4.98 Å². The number of aryl methyl sites for hydroxylation is 1. The maximum absolute atomic E-state index is 13.0. The molecule has 1 aliphatic heterocycles. The molecule has 1 aromatic carbocycles. The van der Waals surface area contributed by atoms with Crippen molar-refractivity contribution in [2.75, 3.05) is 18.0 Å². The Morgan fingerprint density at radius 3 is 2.73 bits per heavy atom. The smallest absolute Gasteiger partial charge is 0.270 e. The summed E-state index contributed by atoms with van der Waals surface area (Å²) < 4.78 is 0.648. The van der Waals surface area contributed by atoms with E-state index in [2.05, 4.69) is 41.2 Å². The van der Waals surface area contributed by atoms with Crippen LogP contribution in [0.5, 0.6) is 0 Å². The molecule has 5 rings (SSSR count). The third kappa shape index (κ3) is 4.56.